The maximum absolute atomic E-state index is 12.8. The fourth-order valence-corrected chi connectivity index (χ4v) is 1.79. The van der Waals surface area contributed by atoms with Crippen molar-refractivity contribution >= 4 is 5.91 Å². The van der Waals surface area contributed by atoms with E-state index in [1.54, 1.807) is 13.2 Å². The van der Waals surface area contributed by atoms with Gasteiger partial charge in [0.2, 0.25) is 5.91 Å². The molecule has 112 valence electrons. The summed E-state index contributed by atoms with van der Waals surface area (Å²) in [7, 11) is 1.59. The highest BCUT2D eigenvalue weighted by Gasteiger charge is 2.10. The molecule has 1 aromatic rings. The number of carbonyl (C=O) groups excluding carboxylic acids is 1. The van der Waals surface area contributed by atoms with E-state index in [-0.39, 0.29) is 17.8 Å². The lowest BCUT2D eigenvalue weighted by molar-refractivity contribution is -0.121. The number of hydrogen-bond acceptors (Lipinski definition) is 4. The maximum atomic E-state index is 12.8. The Hall–Kier alpha value is -1.53. The largest absolute Gasteiger partial charge is 0.383 e. The minimum Gasteiger partial charge on any atom is -0.383 e. The van der Waals surface area contributed by atoms with Crippen LogP contribution in [-0.4, -0.2) is 37.7 Å². The second-order valence-corrected chi connectivity index (χ2v) is 4.41. The number of carbonyl (C=O) groups is 1. The average molecular weight is 283 g/mol. The van der Waals surface area contributed by atoms with E-state index in [4.69, 9.17) is 4.74 Å². The Morgan fingerprint density at radius 2 is 2.25 bits per heavy atom. The molecule has 1 atom stereocenters. The molecule has 0 saturated carbocycles. The summed E-state index contributed by atoms with van der Waals surface area (Å²) >= 11 is 0. The van der Waals surface area contributed by atoms with E-state index >= 15 is 0 Å². The Balaban J connectivity index is 2.31. The van der Waals surface area contributed by atoms with E-state index in [1.807, 2.05) is 6.92 Å². The topological polar surface area (TPSA) is 63.2 Å². The Kier molecular flexibility index (Phi) is 7.75. The van der Waals surface area contributed by atoms with Crippen LogP contribution in [0, 0.1) is 5.82 Å². The van der Waals surface area contributed by atoms with Gasteiger partial charge >= 0.3 is 0 Å². The molecular formula is C14H22FN3O2. The van der Waals surface area contributed by atoms with Gasteiger partial charge in [-0.15, -0.1) is 0 Å². The van der Waals surface area contributed by atoms with Gasteiger partial charge in [0.25, 0.3) is 0 Å². The first-order valence-corrected chi connectivity index (χ1v) is 6.77. The molecule has 0 radical (unpaired) electrons. The predicted octanol–water partition coefficient (Wildman–Crippen LogP) is 1.41. The lowest BCUT2D eigenvalue weighted by Crippen LogP contribution is -2.31. The van der Waals surface area contributed by atoms with Crippen LogP contribution in [0.3, 0.4) is 0 Å². The molecule has 1 unspecified atom stereocenters. The molecule has 2 N–H and O–H groups in total. The molecule has 6 heteroatoms. The van der Waals surface area contributed by atoms with Crippen LogP contribution >= 0.6 is 0 Å². The fraction of sp³-hybridized carbons (Fsp3) is 0.571. The summed E-state index contributed by atoms with van der Waals surface area (Å²) in [6, 6.07) is 3.08. The van der Waals surface area contributed by atoms with Crippen molar-refractivity contribution in [2.24, 2.45) is 0 Å². The molecule has 0 fully saturated rings. The quantitative estimate of drug-likeness (QED) is 0.673. The zero-order valence-electron chi connectivity index (χ0n) is 12.0. The van der Waals surface area contributed by atoms with E-state index < -0.39 is 0 Å². The minimum atomic E-state index is -0.346. The van der Waals surface area contributed by atoms with Crippen molar-refractivity contribution in [2.45, 2.75) is 25.8 Å². The normalized spacial score (nSPS) is 12.2. The van der Waals surface area contributed by atoms with Crippen molar-refractivity contribution < 1.29 is 13.9 Å². The molecule has 5 nitrogen and oxygen atoms in total. The Morgan fingerprint density at radius 3 is 2.85 bits per heavy atom. The molecule has 0 aliphatic carbocycles. The highest BCUT2D eigenvalue weighted by atomic mass is 19.1. The summed E-state index contributed by atoms with van der Waals surface area (Å²) < 4.78 is 17.7. The molecular weight excluding hydrogens is 261 g/mol. The highest BCUT2D eigenvalue weighted by molar-refractivity contribution is 5.76. The van der Waals surface area contributed by atoms with Gasteiger partial charge in [0.1, 0.15) is 5.82 Å². The molecule has 1 rings (SSSR count). The van der Waals surface area contributed by atoms with Gasteiger partial charge < -0.3 is 15.4 Å². The number of aromatic nitrogens is 1. The zero-order chi connectivity index (χ0) is 14.8. The van der Waals surface area contributed by atoms with Crippen molar-refractivity contribution in [2.75, 3.05) is 26.8 Å². The standard InChI is InChI=1S/C14H22FN3O2/c1-3-12(13-5-4-11(15)10-18-13)16-7-6-14(19)17-8-9-20-2/h4-5,10,12,16H,3,6-9H2,1-2H3,(H,17,19). The fourth-order valence-electron chi connectivity index (χ4n) is 1.79. The van der Waals surface area contributed by atoms with Crippen LogP contribution in [0.2, 0.25) is 0 Å². The molecule has 0 saturated heterocycles. The van der Waals surface area contributed by atoms with Gasteiger partial charge in [0, 0.05) is 32.7 Å². The number of methoxy groups -OCH3 is 1. The number of hydrogen-bond donors (Lipinski definition) is 2. The van der Waals surface area contributed by atoms with Crippen LogP contribution < -0.4 is 10.6 Å². The van der Waals surface area contributed by atoms with Crippen molar-refractivity contribution in [3.63, 3.8) is 0 Å². The van der Waals surface area contributed by atoms with Crippen LogP contribution in [0.1, 0.15) is 31.5 Å². The smallest absolute Gasteiger partial charge is 0.221 e. The predicted molar refractivity (Wildman–Crippen MR) is 74.7 cm³/mol. The molecule has 20 heavy (non-hydrogen) atoms. The zero-order valence-corrected chi connectivity index (χ0v) is 12.0. The number of ether oxygens (including phenoxy) is 1. The summed E-state index contributed by atoms with van der Waals surface area (Å²) in [5.74, 6) is -0.363. The third kappa shape index (κ3) is 6.08. The maximum Gasteiger partial charge on any atom is 0.221 e. The monoisotopic (exact) mass is 283 g/mol. The number of rotatable bonds is 9. The summed E-state index contributed by atoms with van der Waals surface area (Å²) in [6.07, 6.45) is 2.42. The molecule has 1 heterocycles. The van der Waals surface area contributed by atoms with E-state index in [1.165, 1.54) is 12.3 Å². The van der Waals surface area contributed by atoms with Crippen molar-refractivity contribution in [3.05, 3.63) is 29.8 Å². The number of amides is 1. The van der Waals surface area contributed by atoms with E-state index in [0.29, 0.717) is 26.1 Å². The number of pyridine rings is 1. The Labute approximate surface area is 118 Å². The number of nitrogens with one attached hydrogen (secondary N) is 2. The van der Waals surface area contributed by atoms with Crippen LogP contribution in [0.5, 0.6) is 0 Å². The molecule has 0 aromatic carbocycles. The number of halogens is 1. The van der Waals surface area contributed by atoms with Crippen molar-refractivity contribution in [1.29, 1.82) is 0 Å². The highest BCUT2D eigenvalue weighted by Crippen LogP contribution is 2.13. The second-order valence-electron chi connectivity index (χ2n) is 4.41. The molecule has 0 aliphatic heterocycles. The van der Waals surface area contributed by atoms with E-state index in [0.717, 1.165) is 12.1 Å². The third-order valence-electron chi connectivity index (χ3n) is 2.89. The van der Waals surface area contributed by atoms with Gasteiger partial charge in [-0.2, -0.15) is 0 Å². The van der Waals surface area contributed by atoms with Gasteiger partial charge in [-0.25, -0.2) is 4.39 Å². The molecule has 0 aliphatic rings. The summed E-state index contributed by atoms with van der Waals surface area (Å²) in [5.41, 5.74) is 0.786. The molecule has 1 amide bonds. The van der Waals surface area contributed by atoms with Crippen LogP contribution in [0.15, 0.2) is 18.3 Å². The summed E-state index contributed by atoms with van der Waals surface area (Å²) in [6.45, 7) is 3.60. The van der Waals surface area contributed by atoms with E-state index in [9.17, 15) is 9.18 Å². The lowest BCUT2D eigenvalue weighted by atomic mass is 10.1. The second kappa shape index (κ2) is 9.39. The van der Waals surface area contributed by atoms with E-state index in [2.05, 4.69) is 15.6 Å². The van der Waals surface area contributed by atoms with Crippen LogP contribution in [-0.2, 0) is 9.53 Å². The van der Waals surface area contributed by atoms with Gasteiger partial charge in [-0.3, -0.25) is 9.78 Å². The minimum absolute atomic E-state index is 0.0172. The number of nitrogens with zero attached hydrogens (tertiary/aromatic N) is 1. The van der Waals surface area contributed by atoms with Crippen molar-refractivity contribution in [3.8, 4) is 0 Å². The first-order valence-electron chi connectivity index (χ1n) is 6.77. The average Bonchev–Trinajstić information content (AvgIpc) is 2.45. The SMILES string of the molecule is CCC(NCCC(=O)NCCOC)c1ccc(F)cn1. The van der Waals surface area contributed by atoms with Gasteiger partial charge in [-0.1, -0.05) is 6.92 Å². The Bertz CT molecular complexity index is 398. The summed E-state index contributed by atoms with van der Waals surface area (Å²) in [5, 5.41) is 6.00. The summed E-state index contributed by atoms with van der Waals surface area (Å²) in [4.78, 5) is 15.6. The lowest BCUT2D eigenvalue weighted by Gasteiger charge is -2.16. The van der Waals surface area contributed by atoms with Crippen LogP contribution in [0.4, 0.5) is 4.39 Å². The van der Waals surface area contributed by atoms with Gasteiger partial charge in [-0.05, 0) is 18.6 Å². The first kappa shape index (κ1) is 16.5. The molecule has 0 spiro atoms. The van der Waals surface area contributed by atoms with Crippen LogP contribution in [0.25, 0.3) is 0 Å². The molecule has 0 bridgehead atoms. The van der Waals surface area contributed by atoms with Gasteiger partial charge in [0.05, 0.1) is 18.5 Å². The Morgan fingerprint density at radius 1 is 1.45 bits per heavy atom. The van der Waals surface area contributed by atoms with Gasteiger partial charge in [0.15, 0.2) is 0 Å². The molecule has 1 aromatic heterocycles. The third-order valence-corrected chi connectivity index (χ3v) is 2.89. The first-order chi connectivity index (χ1) is 9.67. The van der Waals surface area contributed by atoms with Crippen molar-refractivity contribution in [1.82, 2.24) is 15.6 Å².